The molecule has 0 radical (unpaired) electrons. The van der Waals surface area contributed by atoms with Crippen molar-refractivity contribution in [3.05, 3.63) is 47.5 Å². The van der Waals surface area contributed by atoms with Gasteiger partial charge in [-0.3, -0.25) is 9.48 Å². The maximum Gasteiger partial charge on any atom is 0.222 e. The molecule has 21 heavy (non-hydrogen) atoms. The lowest BCUT2D eigenvalue weighted by Crippen LogP contribution is -2.30. The molecule has 1 fully saturated rings. The van der Waals surface area contributed by atoms with E-state index < -0.39 is 0 Å². The molecule has 1 unspecified atom stereocenters. The van der Waals surface area contributed by atoms with Crippen LogP contribution in [0.1, 0.15) is 30.9 Å². The highest BCUT2D eigenvalue weighted by Gasteiger charge is 2.33. The molecule has 5 nitrogen and oxygen atoms in total. The number of amides is 1. The summed E-state index contributed by atoms with van der Waals surface area (Å²) >= 11 is 5.92. The van der Waals surface area contributed by atoms with Crippen LogP contribution in [0.4, 0.5) is 0 Å². The number of rotatable bonds is 6. The topological polar surface area (TPSA) is 59.8 Å². The molecule has 1 aliphatic carbocycles. The number of hydrogen-bond acceptors (Lipinski definition) is 3. The lowest BCUT2D eigenvalue weighted by Gasteiger charge is -2.19. The smallest absolute Gasteiger partial charge is 0.222 e. The molecule has 3 rings (SSSR count). The molecule has 1 amide bonds. The predicted octanol–water partition coefficient (Wildman–Crippen LogP) is 2.59. The number of nitrogens with zero attached hydrogens (tertiary/aromatic N) is 3. The minimum Gasteiger partial charge on any atom is -0.349 e. The molecule has 6 heteroatoms. The van der Waals surface area contributed by atoms with E-state index in [1.807, 2.05) is 24.3 Å². The average Bonchev–Trinajstić information content (AvgIpc) is 3.19. The fourth-order valence-electron chi connectivity index (χ4n) is 2.38. The maximum atomic E-state index is 12.1. The quantitative estimate of drug-likeness (QED) is 0.892. The van der Waals surface area contributed by atoms with Crippen LogP contribution in [0.15, 0.2) is 36.9 Å². The van der Waals surface area contributed by atoms with Crippen LogP contribution >= 0.6 is 11.6 Å². The monoisotopic (exact) mass is 304 g/mol. The van der Waals surface area contributed by atoms with Crippen LogP contribution in [-0.2, 0) is 11.3 Å². The van der Waals surface area contributed by atoms with E-state index in [1.165, 1.54) is 6.33 Å². The molecule has 0 bridgehead atoms. The summed E-state index contributed by atoms with van der Waals surface area (Å²) in [4.78, 5) is 16.0. The molecule has 1 N–H and O–H groups in total. The van der Waals surface area contributed by atoms with Crippen molar-refractivity contribution in [1.82, 2.24) is 20.1 Å². The minimum absolute atomic E-state index is 0.0392. The molecule has 1 atom stereocenters. The van der Waals surface area contributed by atoms with Gasteiger partial charge in [-0.15, -0.1) is 0 Å². The average molecular weight is 305 g/mol. The predicted molar refractivity (Wildman–Crippen MR) is 79.7 cm³/mol. The lowest BCUT2D eigenvalue weighted by molar-refractivity contribution is -0.122. The third-order valence-corrected chi connectivity index (χ3v) is 3.93. The number of halogens is 1. The second kappa shape index (κ2) is 6.26. The van der Waals surface area contributed by atoms with Gasteiger partial charge in [-0.2, -0.15) is 5.10 Å². The second-order valence-electron chi connectivity index (χ2n) is 5.34. The zero-order chi connectivity index (χ0) is 14.7. The van der Waals surface area contributed by atoms with Gasteiger partial charge < -0.3 is 5.32 Å². The SMILES string of the molecule is O=C(CCn1cncn1)NC(c1ccc(Cl)cc1)C1CC1. The summed E-state index contributed by atoms with van der Waals surface area (Å²) in [5, 5.41) is 7.84. The molecular weight excluding hydrogens is 288 g/mol. The molecular formula is C15H17ClN4O. The standard InChI is InChI=1S/C15H17ClN4O/c16-13-5-3-12(4-6-13)15(11-1-2-11)19-14(21)7-8-20-10-17-9-18-20/h3-6,9-11,15H,1-2,7-8H2,(H,19,21). The van der Waals surface area contributed by atoms with Crippen molar-refractivity contribution in [1.29, 1.82) is 0 Å². The molecule has 110 valence electrons. The van der Waals surface area contributed by atoms with E-state index in [0.29, 0.717) is 23.9 Å². The van der Waals surface area contributed by atoms with E-state index >= 15 is 0 Å². The van der Waals surface area contributed by atoms with Crippen molar-refractivity contribution in [2.24, 2.45) is 5.92 Å². The first-order valence-electron chi connectivity index (χ1n) is 7.09. The van der Waals surface area contributed by atoms with E-state index in [2.05, 4.69) is 15.4 Å². The number of carbonyl (C=O) groups excluding carboxylic acids is 1. The van der Waals surface area contributed by atoms with Gasteiger partial charge in [0.05, 0.1) is 12.6 Å². The number of aryl methyl sites for hydroxylation is 1. The molecule has 1 aliphatic rings. The van der Waals surface area contributed by atoms with E-state index in [0.717, 1.165) is 18.4 Å². The molecule has 0 saturated heterocycles. The summed E-state index contributed by atoms with van der Waals surface area (Å²) in [7, 11) is 0. The first kappa shape index (κ1) is 14.1. The third kappa shape index (κ3) is 3.82. The molecule has 1 aromatic carbocycles. The molecule has 1 aromatic heterocycles. The highest BCUT2D eigenvalue weighted by atomic mass is 35.5. The largest absolute Gasteiger partial charge is 0.349 e. The first-order chi connectivity index (χ1) is 10.2. The van der Waals surface area contributed by atoms with Gasteiger partial charge in [0, 0.05) is 11.4 Å². The van der Waals surface area contributed by atoms with E-state index in [9.17, 15) is 4.79 Å². The van der Waals surface area contributed by atoms with Crippen molar-refractivity contribution >= 4 is 17.5 Å². The van der Waals surface area contributed by atoms with Crippen molar-refractivity contribution < 1.29 is 4.79 Å². The normalized spacial score (nSPS) is 15.7. The molecule has 0 spiro atoms. The molecule has 1 saturated carbocycles. The van der Waals surface area contributed by atoms with Crippen LogP contribution in [0.3, 0.4) is 0 Å². The summed E-state index contributed by atoms with van der Waals surface area (Å²) in [6, 6.07) is 7.80. The van der Waals surface area contributed by atoms with Crippen molar-refractivity contribution in [3.8, 4) is 0 Å². The first-order valence-corrected chi connectivity index (χ1v) is 7.47. The second-order valence-corrected chi connectivity index (χ2v) is 5.78. The molecule has 2 aromatic rings. The zero-order valence-corrected chi connectivity index (χ0v) is 12.3. The Balaban J connectivity index is 1.59. The molecule has 0 aliphatic heterocycles. The Bertz CT molecular complexity index is 593. The van der Waals surface area contributed by atoms with Gasteiger partial charge in [-0.05, 0) is 36.5 Å². The van der Waals surface area contributed by atoms with E-state index in [4.69, 9.17) is 11.6 Å². The lowest BCUT2D eigenvalue weighted by atomic mass is 10.0. The van der Waals surface area contributed by atoms with Gasteiger partial charge in [0.15, 0.2) is 0 Å². The Morgan fingerprint density at radius 2 is 2.14 bits per heavy atom. The van der Waals surface area contributed by atoms with Crippen LogP contribution in [0.5, 0.6) is 0 Å². The van der Waals surface area contributed by atoms with E-state index in [-0.39, 0.29) is 11.9 Å². The Morgan fingerprint density at radius 3 is 2.76 bits per heavy atom. The van der Waals surface area contributed by atoms with Crippen LogP contribution in [0.25, 0.3) is 0 Å². The number of aromatic nitrogens is 3. The number of nitrogens with one attached hydrogen (secondary N) is 1. The number of benzene rings is 1. The summed E-state index contributed by atoms with van der Waals surface area (Å²) in [5.74, 6) is 0.582. The highest BCUT2D eigenvalue weighted by molar-refractivity contribution is 6.30. The summed E-state index contributed by atoms with van der Waals surface area (Å²) in [6.07, 6.45) is 5.82. The van der Waals surface area contributed by atoms with Crippen LogP contribution in [0.2, 0.25) is 5.02 Å². The van der Waals surface area contributed by atoms with Gasteiger partial charge >= 0.3 is 0 Å². The van der Waals surface area contributed by atoms with E-state index in [1.54, 1.807) is 11.0 Å². The fraction of sp³-hybridized carbons (Fsp3) is 0.400. The highest BCUT2D eigenvalue weighted by Crippen LogP contribution is 2.41. The Hall–Kier alpha value is -1.88. The van der Waals surface area contributed by atoms with Gasteiger partial charge in [0.2, 0.25) is 5.91 Å². The van der Waals surface area contributed by atoms with Gasteiger partial charge in [0.25, 0.3) is 0 Å². The number of hydrogen-bond donors (Lipinski definition) is 1. The maximum absolute atomic E-state index is 12.1. The zero-order valence-electron chi connectivity index (χ0n) is 11.6. The van der Waals surface area contributed by atoms with Crippen LogP contribution in [-0.4, -0.2) is 20.7 Å². The summed E-state index contributed by atoms with van der Waals surface area (Å²) < 4.78 is 1.66. The van der Waals surface area contributed by atoms with Crippen molar-refractivity contribution in [2.75, 3.05) is 0 Å². The van der Waals surface area contributed by atoms with Crippen LogP contribution in [0, 0.1) is 5.92 Å². The van der Waals surface area contributed by atoms with Crippen molar-refractivity contribution in [3.63, 3.8) is 0 Å². The van der Waals surface area contributed by atoms with Crippen LogP contribution < -0.4 is 5.32 Å². The fourth-order valence-corrected chi connectivity index (χ4v) is 2.51. The Kier molecular flexibility index (Phi) is 4.20. The van der Waals surface area contributed by atoms with Gasteiger partial charge in [-0.25, -0.2) is 4.98 Å². The summed E-state index contributed by atoms with van der Waals surface area (Å²) in [6.45, 7) is 0.545. The minimum atomic E-state index is 0.0392. The molecule has 1 heterocycles. The number of carbonyl (C=O) groups is 1. The Labute approximate surface area is 128 Å². The van der Waals surface area contributed by atoms with Gasteiger partial charge in [-0.1, -0.05) is 23.7 Å². The third-order valence-electron chi connectivity index (χ3n) is 3.67. The van der Waals surface area contributed by atoms with Gasteiger partial charge in [0.1, 0.15) is 12.7 Å². The Morgan fingerprint density at radius 1 is 1.38 bits per heavy atom. The van der Waals surface area contributed by atoms with Crippen molar-refractivity contribution in [2.45, 2.75) is 31.8 Å². The summed E-state index contributed by atoms with van der Waals surface area (Å²) in [5.41, 5.74) is 1.12.